The molecule has 0 aliphatic heterocycles. The van der Waals surface area contributed by atoms with Crippen LogP contribution in [0.15, 0.2) is 0 Å². The van der Waals surface area contributed by atoms with E-state index in [1.807, 2.05) is 0 Å². The fraction of sp³-hybridized carbons (Fsp3) is 0.900. The van der Waals surface area contributed by atoms with Crippen LogP contribution in [0.4, 0.5) is 0 Å². The van der Waals surface area contributed by atoms with Crippen molar-refractivity contribution in [1.82, 2.24) is 0 Å². The zero-order chi connectivity index (χ0) is 13.1. The Morgan fingerprint density at radius 1 is 1.24 bits per heavy atom. The first-order valence-corrected chi connectivity index (χ1v) is 6.65. The molecule has 102 valence electrons. The molecule has 17 heavy (non-hydrogen) atoms. The fourth-order valence-electron chi connectivity index (χ4n) is 1.24. The van der Waals surface area contributed by atoms with Crippen LogP contribution < -0.4 is 10.9 Å². The van der Waals surface area contributed by atoms with Crippen molar-refractivity contribution in [1.29, 1.82) is 0 Å². The van der Waals surface area contributed by atoms with Crippen LogP contribution in [0.5, 0.6) is 0 Å². The summed E-state index contributed by atoms with van der Waals surface area (Å²) >= 11 is 0.899. The standard InChI is InChI=1S/C10H22N2O4S/c11-7-3-1-2-4-9(15)16-10(17-12)6-5-8(13)14/h8,10,13-14H,1-7,11-12H2. The van der Waals surface area contributed by atoms with Gasteiger partial charge < -0.3 is 20.7 Å². The maximum atomic E-state index is 11.4. The van der Waals surface area contributed by atoms with Crippen LogP contribution in [-0.4, -0.2) is 34.5 Å². The van der Waals surface area contributed by atoms with E-state index in [1.54, 1.807) is 0 Å². The lowest BCUT2D eigenvalue weighted by Crippen LogP contribution is -2.19. The Labute approximate surface area is 106 Å². The predicted octanol–water partition coefficient (Wildman–Crippen LogP) is 0.0726. The van der Waals surface area contributed by atoms with Crippen molar-refractivity contribution in [3.63, 3.8) is 0 Å². The summed E-state index contributed by atoms with van der Waals surface area (Å²) in [7, 11) is 0. The van der Waals surface area contributed by atoms with Crippen LogP contribution in [0.2, 0.25) is 0 Å². The number of nitrogens with two attached hydrogens (primary N) is 2. The Bertz CT molecular complexity index is 205. The van der Waals surface area contributed by atoms with E-state index in [4.69, 9.17) is 25.8 Å². The highest BCUT2D eigenvalue weighted by Crippen LogP contribution is 2.14. The molecule has 0 saturated carbocycles. The molecule has 7 heteroatoms. The highest BCUT2D eigenvalue weighted by molar-refractivity contribution is 7.97. The van der Waals surface area contributed by atoms with Gasteiger partial charge in [-0.05, 0) is 31.3 Å². The monoisotopic (exact) mass is 266 g/mol. The van der Waals surface area contributed by atoms with Gasteiger partial charge in [0, 0.05) is 19.3 Å². The van der Waals surface area contributed by atoms with E-state index >= 15 is 0 Å². The van der Waals surface area contributed by atoms with E-state index < -0.39 is 11.7 Å². The van der Waals surface area contributed by atoms with Gasteiger partial charge in [-0.15, -0.1) is 0 Å². The Morgan fingerprint density at radius 2 is 1.94 bits per heavy atom. The zero-order valence-electron chi connectivity index (χ0n) is 9.88. The van der Waals surface area contributed by atoms with E-state index in [2.05, 4.69) is 0 Å². The average molecular weight is 266 g/mol. The number of unbranched alkanes of at least 4 members (excludes halogenated alkanes) is 2. The van der Waals surface area contributed by atoms with Gasteiger partial charge in [-0.25, -0.2) is 0 Å². The van der Waals surface area contributed by atoms with Crippen molar-refractivity contribution in [3.05, 3.63) is 0 Å². The van der Waals surface area contributed by atoms with Gasteiger partial charge in [-0.1, -0.05) is 6.42 Å². The highest BCUT2D eigenvalue weighted by Gasteiger charge is 2.14. The molecule has 0 aromatic heterocycles. The minimum absolute atomic E-state index is 0.134. The van der Waals surface area contributed by atoms with Crippen molar-refractivity contribution in [2.75, 3.05) is 6.54 Å². The number of ether oxygens (including phenoxy) is 1. The van der Waals surface area contributed by atoms with Crippen molar-refractivity contribution in [3.8, 4) is 0 Å². The summed E-state index contributed by atoms with van der Waals surface area (Å²) in [6.45, 7) is 0.630. The first kappa shape index (κ1) is 16.7. The maximum Gasteiger partial charge on any atom is 0.306 e. The molecule has 0 aromatic carbocycles. The van der Waals surface area contributed by atoms with E-state index in [9.17, 15) is 4.79 Å². The van der Waals surface area contributed by atoms with E-state index in [0.717, 1.165) is 31.2 Å². The molecule has 0 fully saturated rings. The molecule has 1 atom stereocenters. The summed E-state index contributed by atoms with van der Waals surface area (Å²) in [4.78, 5) is 11.4. The largest absolute Gasteiger partial charge is 0.450 e. The summed E-state index contributed by atoms with van der Waals surface area (Å²) in [6, 6.07) is 0. The lowest BCUT2D eigenvalue weighted by atomic mass is 10.2. The van der Waals surface area contributed by atoms with Gasteiger partial charge in [0.05, 0.1) is 0 Å². The molecule has 6 N–H and O–H groups in total. The lowest BCUT2D eigenvalue weighted by molar-refractivity contribution is -0.146. The van der Waals surface area contributed by atoms with Crippen LogP contribution in [-0.2, 0) is 9.53 Å². The minimum atomic E-state index is -1.40. The molecule has 0 radical (unpaired) electrons. The van der Waals surface area contributed by atoms with Crippen molar-refractivity contribution in [2.24, 2.45) is 10.9 Å². The van der Waals surface area contributed by atoms with E-state index in [1.165, 1.54) is 0 Å². The smallest absolute Gasteiger partial charge is 0.306 e. The van der Waals surface area contributed by atoms with Crippen LogP contribution in [0.25, 0.3) is 0 Å². The number of hydrogen-bond acceptors (Lipinski definition) is 7. The summed E-state index contributed by atoms with van der Waals surface area (Å²) in [6.07, 6.45) is 1.97. The molecule has 0 bridgehead atoms. The summed E-state index contributed by atoms with van der Waals surface area (Å²) in [5.41, 5.74) is 4.82. The molecule has 0 rings (SSSR count). The Kier molecular flexibility index (Phi) is 10.6. The summed E-state index contributed by atoms with van der Waals surface area (Å²) in [5, 5.41) is 22.7. The second-order valence-corrected chi connectivity index (χ2v) is 4.51. The van der Waals surface area contributed by atoms with Gasteiger partial charge in [0.15, 0.2) is 11.7 Å². The van der Waals surface area contributed by atoms with Crippen LogP contribution in [0.1, 0.15) is 38.5 Å². The predicted molar refractivity (Wildman–Crippen MR) is 66.6 cm³/mol. The number of rotatable bonds is 10. The summed E-state index contributed by atoms with van der Waals surface area (Å²) < 4.78 is 5.08. The molecule has 0 heterocycles. The van der Waals surface area contributed by atoms with Gasteiger partial charge in [0.1, 0.15) is 0 Å². The van der Waals surface area contributed by atoms with Gasteiger partial charge in [0.25, 0.3) is 0 Å². The highest BCUT2D eigenvalue weighted by atomic mass is 32.2. The second kappa shape index (κ2) is 10.8. The van der Waals surface area contributed by atoms with E-state index in [-0.39, 0.29) is 12.4 Å². The molecule has 0 aliphatic rings. The van der Waals surface area contributed by atoms with Gasteiger partial charge in [0.2, 0.25) is 0 Å². The fourth-order valence-corrected chi connectivity index (χ4v) is 1.67. The topological polar surface area (TPSA) is 119 Å². The maximum absolute atomic E-state index is 11.4. The number of carbonyl (C=O) groups excluding carboxylic acids is 1. The lowest BCUT2D eigenvalue weighted by Gasteiger charge is -2.15. The van der Waals surface area contributed by atoms with Crippen molar-refractivity contribution < 1.29 is 19.7 Å². The third-order valence-corrected chi connectivity index (χ3v) is 2.80. The molecule has 0 aromatic rings. The number of hydrogen-bond donors (Lipinski definition) is 4. The summed E-state index contributed by atoms with van der Waals surface area (Å²) in [5.74, 6) is -0.308. The van der Waals surface area contributed by atoms with Gasteiger partial charge in [-0.3, -0.25) is 9.93 Å². The van der Waals surface area contributed by atoms with Crippen LogP contribution in [0, 0.1) is 0 Å². The molecule has 6 nitrogen and oxygen atoms in total. The molecule has 1 unspecified atom stereocenters. The number of carbonyl (C=O) groups is 1. The molecule has 0 spiro atoms. The average Bonchev–Trinajstić information content (AvgIpc) is 2.30. The van der Waals surface area contributed by atoms with Crippen LogP contribution >= 0.6 is 11.9 Å². The quantitative estimate of drug-likeness (QED) is 0.191. The first-order valence-electron chi connectivity index (χ1n) is 5.71. The number of esters is 1. The van der Waals surface area contributed by atoms with E-state index in [0.29, 0.717) is 19.4 Å². The first-order chi connectivity index (χ1) is 8.10. The van der Waals surface area contributed by atoms with Crippen molar-refractivity contribution >= 4 is 17.9 Å². The molecular formula is C10H22N2O4S. The third kappa shape index (κ3) is 10.5. The van der Waals surface area contributed by atoms with Gasteiger partial charge >= 0.3 is 5.97 Å². The normalized spacial score (nSPS) is 12.8. The molecule has 0 aliphatic carbocycles. The Balaban J connectivity index is 3.66. The zero-order valence-corrected chi connectivity index (χ0v) is 10.7. The molecular weight excluding hydrogens is 244 g/mol. The second-order valence-electron chi connectivity index (χ2n) is 3.71. The number of aliphatic hydroxyl groups is 2. The Morgan fingerprint density at radius 3 is 2.47 bits per heavy atom. The number of aliphatic hydroxyl groups excluding tert-OH is 1. The SMILES string of the molecule is NCCCCCC(=O)OC(CCC(O)O)SN. The minimum Gasteiger partial charge on any atom is -0.450 e. The van der Waals surface area contributed by atoms with Crippen molar-refractivity contribution in [2.45, 2.75) is 50.3 Å². The van der Waals surface area contributed by atoms with Crippen LogP contribution in [0.3, 0.4) is 0 Å². The molecule has 0 amide bonds. The Hall–Kier alpha value is -0.340. The van der Waals surface area contributed by atoms with Gasteiger partial charge in [-0.2, -0.15) is 0 Å². The molecule has 0 saturated heterocycles. The third-order valence-electron chi connectivity index (χ3n) is 2.16.